The molecule has 142 valence electrons. The van der Waals surface area contributed by atoms with E-state index in [2.05, 4.69) is 23.8 Å². The largest absolute Gasteiger partial charge is 0.444 e. The normalized spacial score (nSPS) is 23.0. The van der Waals surface area contributed by atoms with E-state index >= 15 is 0 Å². The Morgan fingerprint density at radius 2 is 2.20 bits per heavy atom. The number of aromatic nitrogens is 2. The van der Waals surface area contributed by atoms with Crippen molar-refractivity contribution in [3.8, 4) is 0 Å². The first-order valence-electron chi connectivity index (χ1n) is 8.16. The van der Waals surface area contributed by atoms with Crippen LogP contribution in [0.1, 0.15) is 37.7 Å². The number of rotatable bonds is 2. The molecule has 3 rings (SSSR count). The van der Waals surface area contributed by atoms with Gasteiger partial charge in [0.25, 0.3) is 10.1 Å². The van der Waals surface area contributed by atoms with E-state index in [9.17, 15) is 13.2 Å². The van der Waals surface area contributed by atoms with E-state index in [1.165, 1.54) is 0 Å². The van der Waals surface area contributed by atoms with Crippen molar-refractivity contribution in [1.29, 1.82) is 0 Å². The number of fused-ring (bicyclic) bond motifs is 1. The molecule has 9 nitrogen and oxygen atoms in total. The van der Waals surface area contributed by atoms with Crippen molar-refractivity contribution in [2.75, 3.05) is 26.0 Å². The first-order chi connectivity index (χ1) is 11.7. The lowest BCUT2D eigenvalue weighted by atomic mass is 9.94. The van der Waals surface area contributed by atoms with Gasteiger partial charge in [0, 0.05) is 25.1 Å². The van der Waals surface area contributed by atoms with Crippen molar-refractivity contribution in [1.82, 2.24) is 14.9 Å². The fourth-order valence-electron chi connectivity index (χ4n) is 3.00. The second-order valence-electron chi connectivity index (χ2n) is 6.50. The summed E-state index contributed by atoms with van der Waals surface area (Å²) >= 11 is 0. The van der Waals surface area contributed by atoms with Crippen LogP contribution in [0.2, 0.25) is 0 Å². The van der Waals surface area contributed by atoms with E-state index in [1.54, 1.807) is 6.33 Å². The number of ether oxygens (including phenoxy) is 2. The maximum absolute atomic E-state index is 12.4. The molecule has 2 aliphatic heterocycles. The van der Waals surface area contributed by atoms with Gasteiger partial charge < -0.3 is 14.5 Å². The maximum atomic E-state index is 12.4. The predicted octanol–water partition coefficient (Wildman–Crippen LogP) is 1.39. The van der Waals surface area contributed by atoms with E-state index < -0.39 is 10.1 Å². The van der Waals surface area contributed by atoms with E-state index in [-0.39, 0.29) is 18.2 Å². The number of hydrogen-bond donors (Lipinski definition) is 2. The topological polar surface area (TPSA) is 122 Å². The van der Waals surface area contributed by atoms with Gasteiger partial charge in [0.2, 0.25) is 0 Å². The van der Waals surface area contributed by atoms with Gasteiger partial charge in [0.1, 0.15) is 6.10 Å². The smallest absolute Gasteiger partial charge is 0.410 e. The number of nitrogens with one attached hydrogen (secondary N) is 1. The minimum absolute atomic E-state index is 0.0141. The van der Waals surface area contributed by atoms with E-state index in [0.717, 1.165) is 24.2 Å². The lowest BCUT2D eigenvalue weighted by Crippen LogP contribution is -2.43. The van der Waals surface area contributed by atoms with Gasteiger partial charge >= 0.3 is 6.09 Å². The number of hydrogen-bond acceptors (Lipinski definition) is 6. The minimum atomic E-state index is -3.67. The molecular formula is C15H25N3O6S. The molecule has 2 N–H and O–H groups in total. The summed E-state index contributed by atoms with van der Waals surface area (Å²) in [6, 6.07) is -0.0141. The highest BCUT2D eigenvalue weighted by Gasteiger charge is 2.36. The molecule has 1 fully saturated rings. The van der Waals surface area contributed by atoms with Crippen molar-refractivity contribution in [3.63, 3.8) is 0 Å². The fourth-order valence-corrected chi connectivity index (χ4v) is 3.00. The molecule has 10 heteroatoms. The molecule has 0 aromatic carbocycles. The zero-order valence-electron chi connectivity index (χ0n) is 14.6. The number of carbonyl (C=O) groups is 1. The van der Waals surface area contributed by atoms with E-state index in [1.807, 2.05) is 4.90 Å². The van der Waals surface area contributed by atoms with Crippen LogP contribution in [-0.2, 0) is 26.0 Å². The quantitative estimate of drug-likeness (QED) is 0.749. The monoisotopic (exact) mass is 375 g/mol. The number of imidazole rings is 1. The summed E-state index contributed by atoms with van der Waals surface area (Å²) in [6.45, 7) is 6.07. The number of carbonyl (C=O) groups excluding carboxylic acids is 1. The van der Waals surface area contributed by atoms with Gasteiger partial charge in [-0.15, -0.1) is 0 Å². The molecule has 0 radical (unpaired) electrons. The zero-order valence-corrected chi connectivity index (χ0v) is 15.5. The number of aromatic amines is 1. The van der Waals surface area contributed by atoms with Gasteiger partial charge in [-0.3, -0.25) is 9.45 Å². The van der Waals surface area contributed by atoms with Crippen LogP contribution in [0.3, 0.4) is 0 Å². The summed E-state index contributed by atoms with van der Waals surface area (Å²) in [5, 5.41) is 0. The van der Waals surface area contributed by atoms with Crippen LogP contribution < -0.4 is 0 Å². The lowest BCUT2D eigenvalue weighted by molar-refractivity contribution is 0.0344. The molecule has 1 aromatic heterocycles. The van der Waals surface area contributed by atoms with Crippen LogP contribution in [-0.4, -0.2) is 66.0 Å². The van der Waals surface area contributed by atoms with Gasteiger partial charge in [0.05, 0.1) is 37.5 Å². The molecule has 2 atom stereocenters. The molecule has 2 aliphatic rings. The molecular weight excluding hydrogens is 350 g/mol. The second kappa shape index (κ2) is 8.15. The summed E-state index contributed by atoms with van der Waals surface area (Å²) in [6.07, 6.45) is 3.67. The number of nitrogens with zero attached hydrogens (tertiary/aromatic N) is 2. The van der Waals surface area contributed by atoms with Crippen LogP contribution in [0.4, 0.5) is 4.79 Å². The molecule has 1 saturated heterocycles. The summed E-state index contributed by atoms with van der Waals surface area (Å²) < 4.78 is 36.7. The highest BCUT2D eigenvalue weighted by atomic mass is 32.2. The second-order valence-corrected chi connectivity index (χ2v) is 7.97. The van der Waals surface area contributed by atoms with Gasteiger partial charge in [-0.25, -0.2) is 9.78 Å². The van der Waals surface area contributed by atoms with Crippen LogP contribution in [0, 0.1) is 5.92 Å². The van der Waals surface area contributed by atoms with E-state index in [0.29, 0.717) is 31.9 Å². The van der Waals surface area contributed by atoms with Gasteiger partial charge in [-0.05, 0) is 5.92 Å². The Bertz CT molecular complexity index is 673. The standard InChI is InChI=1S/C14H21N3O3.CH4O3S/c1-9(2)13-12-11(15-8-16-12)3-5-17(13)14(18)20-10-4-6-19-7-10;1-5(2,3)4/h8-10,13H,3-7H2,1-2H3,(H,15,16);1H3,(H,2,3,4)/t10?,13-;/m0./s1. The van der Waals surface area contributed by atoms with Crippen molar-refractivity contribution in [3.05, 3.63) is 17.7 Å². The molecule has 25 heavy (non-hydrogen) atoms. The molecule has 1 amide bonds. The zero-order chi connectivity index (χ0) is 18.6. The Balaban J connectivity index is 0.000000399. The minimum Gasteiger partial charge on any atom is -0.444 e. The van der Waals surface area contributed by atoms with Crippen LogP contribution in [0.25, 0.3) is 0 Å². The summed E-state index contributed by atoms with van der Waals surface area (Å²) in [5.74, 6) is 0.296. The highest BCUT2D eigenvalue weighted by molar-refractivity contribution is 7.85. The predicted molar refractivity (Wildman–Crippen MR) is 89.8 cm³/mol. The van der Waals surface area contributed by atoms with Crippen LogP contribution in [0.15, 0.2) is 6.33 Å². The van der Waals surface area contributed by atoms with Crippen molar-refractivity contribution in [2.24, 2.45) is 5.92 Å². The Hall–Kier alpha value is -1.65. The molecule has 1 unspecified atom stereocenters. The third-order valence-electron chi connectivity index (χ3n) is 3.99. The Morgan fingerprint density at radius 3 is 2.76 bits per heavy atom. The molecule has 0 spiro atoms. The third kappa shape index (κ3) is 5.68. The Morgan fingerprint density at radius 1 is 1.52 bits per heavy atom. The lowest BCUT2D eigenvalue weighted by Gasteiger charge is -2.36. The van der Waals surface area contributed by atoms with Crippen molar-refractivity contribution >= 4 is 16.2 Å². The average molecular weight is 375 g/mol. The Kier molecular flexibility index (Phi) is 6.42. The van der Waals surface area contributed by atoms with Gasteiger partial charge in [0.15, 0.2) is 0 Å². The summed E-state index contributed by atoms with van der Waals surface area (Å²) in [7, 11) is -3.67. The molecule has 0 aliphatic carbocycles. The Labute approximate surface area is 147 Å². The first-order valence-corrected chi connectivity index (χ1v) is 10.0. The number of amides is 1. The average Bonchev–Trinajstić information content (AvgIpc) is 3.14. The third-order valence-corrected chi connectivity index (χ3v) is 3.99. The summed E-state index contributed by atoms with van der Waals surface area (Å²) in [4.78, 5) is 21.8. The molecule has 3 heterocycles. The van der Waals surface area contributed by atoms with E-state index in [4.69, 9.17) is 14.0 Å². The molecule has 1 aromatic rings. The summed E-state index contributed by atoms with van der Waals surface area (Å²) in [5.41, 5.74) is 2.11. The van der Waals surface area contributed by atoms with Crippen molar-refractivity contribution < 1.29 is 27.2 Å². The van der Waals surface area contributed by atoms with Crippen LogP contribution >= 0.6 is 0 Å². The van der Waals surface area contributed by atoms with Gasteiger partial charge in [-0.1, -0.05) is 13.8 Å². The fraction of sp³-hybridized carbons (Fsp3) is 0.733. The number of H-pyrrole nitrogens is 1. The van der Waals surface area contributed by atoms with Gasteiger partial charge in [-0.2, -0.15) is 8.42 Å². The first kappa shape index (κ1) is 19.7. The van der Waals surface area contributed by atoms with Crippen molar-refractivity contribution in [2.45, 2.75) is 38.8 Å². The highest BCUT2D eigenvalue weighted by Crippen LogP contribution is 2.33. The SMILES string of the molecule is CC(C)[C@H]1c2nc[nH]c2CCN1C(=O)OC1CCOC1.CS(=O)(=O)O. The molecule has 0 saturated carbocycles. The van der Waals surface area contributed by atoms with Crippen LogP contribution in [0.5, 0.6) is 0 Å². The maximum Gasteiger partial charge on any atom is 0.410 e. The molecule has 0 bridgehead atoms.